The van der Waals surface area contributed by atoms with Gasteiger partial charge >= 0.3 is 12.4 Å². The van der Waals surface area contributed by atoms with E-state index in [1.807, 2.05) is 6.92 Å². The molecular formula is C22H17F6NO6. The van der Waals surface area contributed by atoms with Crippen LogP contribution < -0.4 is 24.5 Å². The van der Waals surface area contributed by atoms with Crippen LogP contribution in [0, 0.1) is 0 Å². The van der Waals surface area contributed by atoms with Crippen LogP contribution >= 0.6 is 0 Å². The second-order valence-corrected chi connectivity index (χ2v) is 8.15. The molecule has 0 atom stereocenters. The highest BCUT2D eigenvalue weighted by Crippen LogP contribution is 2.57. The molecule has 0 saturated carbocycles. The molecular weight excluding hydrogens is 488 g/mol. The molecule has 1 N–H and O–H groups in total. The molecule has 0 amide bonds. The van der Waals surface area contributed by atoms with Crippen molar-refractivity contribution < 1.29 is 50.4 Å². The molecule has 2 aromatic carbocycles. The van der Waals surface area contributed by atoms with Gasteiger partial charge in [-0.2, -0.15) is 26.3 Å². The van der Waals surface area contributed by atoms with E-state index in [-0.39, 0.29) is 46.5 Å². The van der Waals surface area contributed by atoms with E-state index in [0.717, 1.165) is 0 Å². The second-order valence-electron chi connectivity index (χ2n) is 8.15. The minimum atomic E-state index is -6.15. The number of fused-ring (bicyclic) bond motifs is 6. The van der Waals surface area contributed by atoms with E-state index >= 15 is 0 Å². The highest BCUT2D eigenvalue weighted by atomic mass is 19.4. The molecule has 0 aliphatic carbocycles. The lowest BCUT2D eigenvalue weighted by atomic mass is 9.88. The summed E-state index contributed by atoms with van der Waals surface area (Å²) in [6.07, 6.45) is -11.2. The Kier molecular flexibility index (Phi) is 5.06. The fraction of sp³-hybridized carbons (Fsp3) is 0.409. The Morgan fingerprint density at radius 3 is 2.03 bits per heavy atom. The summed E-state index contributed by atoms with van der Waals surface area (Å²) < 4.78 is 105. The number of benzene rings is 2. The van der Waals surface area contributed by atoms with Crippen molar-refractivity contribution in [2.24, 2.45) is 0 Å². The zero-order valence-electron chi connectivity index (χ0n) is 18.0. The van der Waals surface area contributed by atoms with Crippen molar-refractivity contribution in [3.8, 4) is 23.0 Å². The smallest absolute Gasteiger partial charge is 0.430 e. The van der Waals surface area contributed by atoms with Crippen LogP contribution in [0.5, 0.6) is 23.0 Å². The van der Waals surface area contributed by atoms with E-state index in [1.54, 1.807) is 0 Å². The van der Waals surface area contributed by atoms with Gasteiger partial charge in [0.2, 0.25) is 13.6 Å². The van der Waals surface area contributed by atoms with Crippen molar-refractivity contribution in [2.45, 2.75) is 44.3 Å². The molecule has 0 unspecified atom stereocenters. The molecule has 3 heterocycles. The molecule has 2 aliphatic rings. The number of hydrogen-bond acceptors (Lipinski definition) is 6. The molecule has 0 bridgehead atoms. The van der Waals surface area contributed by atoms with Gasteiger partial charge in [0.15, 0.2) is 23.0 Å². The van der Waals surface area contributed by atoms with E-state index in [9.17, 15) is 36.2 Å². The Morgan fingerprint density at radius 2 is 1.43 bits per heavy atom. The first-order chi connectivity index (χ1) is 16.4. The minimum absolute atomic E-state index is 0.00764. The summed E-state index contributed by atoms with van der Waals surface area (Å²) in [6.45, 7) is 1.08. The fourth-order valence-electron chi connectivity index (χ4n) is 4.38. The SMILES string of the molecule is CCCCn1c(=O)c2cc3c(cc2c2cc(C(O)(C(F)(F)F)C(F)(F)F)c4c(c21)OCO4)OCO3. The van der Waals surface area contributed by atoms with Gasteiger partial charge in [-0.15, -0.1) is 0 Å². The lowest BCUT2D eigenvalue weighted by molar-refractivity contribution is -0.376. The van der Waals surface area contributed by atoms with Gasteiger partial charge in [0, 0.05) is 22.9 Å². The van der Waals surface area contributed by atoms with Gasteiger partial charge in [0.05, 0.1) is 10.9 Å². The van der Waals surface area contributed by atoms with Crippen molar-refractivity contribution in [1.82, 2.24) is 4.57 Å². The predicted octanol–water partition coefficient (Wildman–Crippen LogP) is 4.72. The van der Waals surface area contributed by atoms with Gasteiger partial charge in [-0.05, 0) is 24.6 Å². The molecule has 1 aromatic heterocycles. The number of aliphatic hydroxyl groups is 1. The third-order valence-corrected chi connectivity index (χ3v) is 6.11. The number of aromatic nitrogens is 1. The first-order valence-electron chi connectivity index (χ1n) is 10.5. The van der Waals surface area contributed by atoms with E-state index < -0.39 is 47.4 Å². The van der Waals surface area contributed by atoms with Gasteiger partial charge in [0.25, 0.3) is 11.2 Å². The Morgan fingerprint density at radius 1 is 0.857 bits per heavy atom. The van der Waals surface area contributed by atoms with E-state index in [1.165, 1.54) is 16.7 Å². The lowest BCUT2D eigenvalue weighted by Gasteiger charge is -2.33. The molecule has 7 nitrogen and oxygen atoms in total. The topological polar surface area (TPSA) is 79.2 Å². The minimum Gasteiger partial charge on any atom is -0.454 e. The van der Waals surface area contributed by atoms with Gasteiger partial charge in [0.1, 0.15) is 0 Å². The Balaban J connectivity index is 1.98. The molecule has 35 heavy (non-hydrogen) atoms. The molecule has 2 aliphatic heterocycles. The molecule has 13 heteroatoms. The average Bonchev–Trinajstić information content (AvgIpc) is 3.44. The maximum Gasteiger partial charge on any atom is 0.430 e. The van der Waals surface area contributed by atoms with Crippen molar-refractivity contribution in [1.29, 1.82) is 0 Å². The number of rotatable bonds is 4. The standard InChI is InChI=1S/C22H17F6NO6/c1-2-3-4-29-16-11(10-6-14-15(33-8-32-14)7-12(10)19(29)30)5-13(17-18(16)35-9-34-17)20(31,21(23,24)25)22(26,27)28/h5-7,31H,2-4,8-9H2,1H3. The van der Waals surface area contributed by atoms with Crippen LogP contribution in [-0.2, 0) is 12.1 Å². The average molecular weight is 505 g/mol. The summed E-state index contributed by atoms with van der Waals surface area (Å²) in [6, 6.07) is 3.18. The number of nitrogens with zero attached hydrogens (tertiary/aromatic N) is 1. The maximum absolute atomic E-state index is 13.8. The number of alkyl halides is 6. The summed E-state index contributed by atoms with van der Waals surface area (Å²) >= 11 is 0. The highest BCUT2D eigenvalue weighted by Gasteiger charge is 2.72. The number of ether oxygens (including phenoxy) is 4. The molecule has 188 valence electrons. The van der Waals surface area contributed by atoms with Crippen molar-refractivity contribution in [3.63, 3.8) is 0 Å². The Bertz CT molecular complexity index is 1400. The largest absolute Gasteiger partial charge is 0.454 e. The van der Waals surface area contributed by atoms with E-state index in [4.69, 9.17) is 18.9 Å². The summed E-state index contributed by atoms with van der Waals surface area (Å²) in [5.74, 6) is -1.05. The van der Waals surface area contributed by atoms with Crippen molar-refractivity contribution in [3.05, 3.63) is 34.1 Å². The third kappa shape index (κ3) is 3.20. The molecule has 0 saturated heterocycles. The predicted molar refractivity (Wildman–Crippen MR) is 109 cm³/mol. The van der Waals surface area contributed by atoms with Gasteiger partial charge < -0.3 is 28.6 Å². The lowest BCUT2D eigenvalue weighted by Crippen LogP contribution is -2.54. The first kappa shape index (κ1) is 23.4. The summed E-state index contributed by atoms with van der Waals surface area (Å²) in [5.41, 5.74) is -7.44. The van der Waals surface area contributed by atoms with Crippen LogP contribution in [0.4, 0.5) is 26.3 Å². The monoisotopic (exact) mass is 505 g/mol. The molecule has 0 radical (unpaired) electrons. The zero-order chi connectivity index (χ0) is 25.3. The number of aryl methyl sites for hydroxylation is 1. The molecule has 3 aromatic rings. The number of unbranched alkanes of at least 4 members (excludes halogenated alkanes) is 1. The first-order valence-corrected chi connectivity index (χ1v) is 10.5. The molecule has 5 rings (SSSR count). The third-order valence-electron chi connectivity index (χ3n) is 6.11. The summed E-state index contributed by atoms with van der Waals surface area (Å²) in [5, 5.41) is 9.99. The van der Waals surface area contributed by atoms with Crippen LogP contribution in [0.2, 0.25) is 0 Å². The van der Waals surface area contributed by atoms with Gasteiger partial charge in [-0.25, -0.2) is 0 Å². The maximum atomic E-state index is 13.8. The number of pyridine rings is 1. The second kappa shape index (κ2) is 7.57. The fourth-order valence-corrected chi connectivity index (χ4v) is 4.38. The zero-order valence-corrected chi connectivity index (χ0v) is 18.0. The van der Waals surface area contributed by atoms with Crippen molar-refractivity contribution >= 4 is 21.7 Å². The molecule has 0 spiro atoms. The highest BCUT2D eigenvalue weighted by molar-refractivity contribution is 6.10. The quantitative estimate of drug-likeness (QED) is 0.408. The van der Waals surface area contributed by atoms with Crippen LogP contribution in [0.15, 0.2) is 23.0 Å². The number of hydrogen-bond donors (Lipinski definition) is 1. The van der Waals surface area contributed by atoms with E-state index in [2.05, 4.69) is 0 Å². The van der Waals surface area contributed by atoms with Crippen LogP contribution in [0.25, 0.3) is 21.7 Å². The van der Waals surface area contributed by atoms with Crippen LogP contribution in [0.3, 0.4) is 0 Å². The van der Waals surface area contributed by atoms with E-state index in [0.29, 0.717) is 18.9 Å². The number of halogens is 6. The Labute approximate surface area is 192 Å². The normalized spacial score (nSPS) is 15.4. The summed E-state index contributed by atoms with van der Waals surface area (Å²) in [7, 11) is 0. The van der Waals surface area contributed by atoms with Crippen LogP contribution in [-0.4, -0.2) is 35.6 Å². The molecule has 0 fully saturated rings. The van der Waals surface area contributed by atoms with Crippen LogP contribution in [0.1, 0.15) is 25.3 Å². The van der Waals surface area contributed by atoms with Crippen molar-refractivity contribution in [2.75, 3.05) is 13.6 Å². The van der Waals surface area contributed by atoms with Gasteiger partial charge in [-0.3, -0.25) is 4.79 Å². The van der Waals surface area contributed by atoms with Gasteiger partial charge in [-0.1, -0.05) is 13.3 Å². The Hall–Kier alpha value is -3.35. The summed E-state index contributed by atoms with van der Waals surface area (Å²) in [4.78, 5) is 13.4.